The fourth-order valence-corrected chi connectivity index (χ4v) is 1.40. The highest BCUT2D eigenvalue weighted by molar-refractivity contribution is 5.21. The van der Waals surface area contributed by atoms with Crippen LogP contribution in [0, 0.1) is 0 Å². The Kier molecular flexibility index (Phi) is 2.51. The Morgan fingerprint density at radius 1 is 1.31 bits per heavy atom. The molecule has 68 valence electrons. The molecule has 0 aromatic heterocycles. The van der Waals surface area contributed by atoms with Gasteiger partial charge in [-0.2, -0.15) is 0 Å². The fraction of sp³-hybridized carbons (Fsp3) is 0.273. The second kappa shape index (κ2) is 3.99. The lowest BCUT2D eigenvalue weighted by atomic mass is 10.0. The van der Waals surface area contributed by atoms with Crippen LogP contribution in [0.1, 0.15) is 19.3 Å². The van der Waals surface area contributed by atoms with E-state index < -0.39 is 0 Å². The monoisotopic (exact) mass is 176 g/mol. The Labute approximate surface area is 77.8 Å². The molecule has 0 N–H and O–H groups in total. The average Bonchev–Trinajstić information content (AvgIpc) is 2.21. The van der Waals surface area contributed by atoms with Crippen LogP contribution in [0.4, 0.5) is 0 Å². The van der Waals surface area contributed by atoms with E-state index in [0.29, 0.717) is 0 Å². The van der Waals surface area contributed by atoms with E-state index in [2.05, 4.69) is 18.2 Å². The third kappa shape index (κ3) is 2.25. The Morgan fingerprint density at radius 3 is 3.00 bits per heavy atom. The summed E-state index contributed by atoms with van der Waals surface area (Å²) in [6, 6.07) is 0. The molecule has 1 aliphatic heterocycles. The van der Waals surface area contributed by atoms with Gasteiger partial charge < -0.3 is 9.47 Å². The number of hydrogen-bond donors (Lipinski definition) is 0. The predicted octanol–water partition coefficient (Wildman–Crippen LogP) is 3.01. The second-order valence-electron chi connectivity index (χ2n) is 3.08. The van der Waals surface area contributed by atoms with Crippen LogP contribution in [0.2, 0.25) is 0 Å². The molecule has 2 nitrogen and oxygen atoms in total. The Morgan fingerprint density at radius 2 is 2.31 bits per heavy atom. The number of rotatable bonds is 2. The summed E-state index contributed by atoms with van der Waals surface area (Å²) in [4.78, 5) is 0. The molecule has 2 aliphatic rings. The van der Waals surface area contributed by atoms with E-state index in [4.69, 9.17) is 9.47 Å². The van der Waals surface area contributed by atoms with E-state index >= 15 is 0 Å². The number of ether oxygens (including phenoxy) is 2. The van der Waals surface area contributed by atoms with Gasteiger partial charge in [-0.3, -0.25) is 0 Å². The molecule has 0 saturated heterocycles. The molecule has 13 heavy (non-hydrogen) atoms. The van der Waals surface area contributed by atoms with Crippen molar-refractivity contribution >= 4 is 0 Å². The fourth-order valence-electron chi connectivity index (χ4n) is 1.40. The molecule has 0 saturated carbocycles. The number of hydrogen-bond acceptors (Lipinski definition) is 2. The molecule has 1 heterocycles. The van der Waals surface area contributed by atoms with Gasteiger partial charge in [0.15, 0.2) is 0 Å². The van der Waals surface area contributed by atoms with Crippen molar-refractivity contribution < 1.29 is 9.47 Å². The van der Waals surface area contributed by atoms with Gasteiger partial charge in [-0.25, -0.2) is 0 Å². The average molecular weight is 176 g/mol. The molecule has 0 bridgehead atoms. The second-order valence-corrected chi connectivity index (χ2v) is 3.08. The van der Waals surface area contributed by atoms with E-state index in [1.165, 1.54) is 11.8 Å². The van der Waals surface area contributed by atoms with E-state index in [1.807, 2.05) is 0 Å². The third-order valence-corrected chi connectivity index (χ3v) is 2.05. The molecule has 0 amide bonds. The largest absolute Gasteiger partial charge is 0.466 e. The maximum absolute atomic E-state index is 5.27. The van der Waals surface area contributed by atoms with Gasteiger partial charge in [0.05, 0.1) is 0 Å². The zero-order valence-electron chi connectivity index (χ0n) is 7.40. The van der Waals surface area contributed by atoms with Gasteiger partial charge >= 0.3 is 0 Å². The Balaban J connectivity index is 1.93. The summed E-state index contributed by atoms with van der Waals surface area (Å²) in [6.45, 7) is 0. The predicted molar refractivity (Wildman–Crippen MR) is 50.5 cm³/mol. The van der Waals surface area contributed by atoms with E-state index in [9.17, 15) is 0 Å². The maximum Gasteiger partial charge on any atom is 0.142 e. The summed E-state index contributed by atoms with van der Waals surface area (Å²) < 4.78 is 10.3. The first-order valence-electron chi connectivity index (χ1n) is 4.46. The summed E-state index contributed by atoms with van der Waals surface area (Å²) in [6.07, 6.45) is 14.3. The minimum Gasteiger partial charge on any atom is -0.466 e. The third-order valence-electron chi connectivity index (χ3n) is 2.05. The van der Waals surface area contributed by atoms with Crippen molar-refractivity contribution in [3.63, 3.8) is 0 Å². The topological polar surface area (TPSA) is 18.5 Å². The molecule has 0 fully saturated rings. The maximum atomic E-state index is 5.27. The van der Waals surface area contributed by atoms with Crippen LogP contribution in [-0.2, 0) is 9.47 Å². The van der Waals surface area contributed by atoms with Crippen molar-refractivity contribution in [2.45, 2.75) is 19.3 Å². The lowest BCUT2D eigenvalue weighted by Gasteiger charge is -2.12. The summed E-state index contributed by atoms with van der Waals surface area (Å²) >= 11 is 0. The molecule has 1 aliphatic carbocycles. The van der Waals surface area contributed by atoms with Gasteiger partial charge in [-0.05, 0) is 12.8 Å². The van der Waals surface area contributed by atoms with Gasteiger partial charge in [0.1, 0.15) is 24.5 Å². The van der Waals surface area contributed by atoms with Gasteiger partial charge in [0, 0.05) is 6.42 Å². The van der Waals surface area contributed by atoms with Crippen molar-refractivity contribution in [3.05, 3.63) is 48.3 Å². The molecule has 0 radical (unpaired) electrons. The van der Waals surface area contributed by atoms with Crippen molar-refractivity contribution in [1.82, 2.24) is 0 Å². The molecule has 2 rings (SSSR count). The summed E-state index contributed by atoms with van der Waals surface area (Å²) in [5.74, 6) is 0.879. The standard InChI is InChI=1S/C11H12O2/c1-2-4-10(5-3-1)8-11-9-12-6-7-13-11/h1-2,4,6-7,9H,3,5,8H2. The van der Waals surface area contributed by atoms with Crippen LogP contribution in [0.3, 0.4) is 0 Å². The summed E-state index contributed by atoms with van der Waals surface area (Å²) in [5.41, 5.74) is 1.40. The van der Waals surface area contributed by atoms with Crippen molar-refractivity contribution in [3.8, 4) is 0 Å². The smallest absolute Gasteiger partial charge is 0.142 e. The van der Waals surface area contributed by atoms with Crippen LogP contribution >= 0.6 is 0 Å². The quantitative estimate of drug-likeness (QED) is 0.643. The van der Waals surface area contributed by atoms with Crippen LogP contribution in [0.15, 0.2) is 48.3 Å². The zero-order valence-corrected chi connectivity index (χ0v) is 7.40. The molecular weight excluding hydrogens is 164 g/mol. The molecule has 0 atom stereocenters. The molecule has 2 heteroatoms. The Bertz CT molecular complexity index is 295. The van der Waals surface area contributed by atoms with Crippen LogP contribution < -0.4 is 0 Å². The molecular formula is C11H12O2. The van der Waals surface area contributed by atoms with Crippen molar-refractivity contribution in [2.24, 2.45) is 0 Å². The lowest BCUT2D eigenvalue weighted by molar-refractivity contribution is 0.250. The minimum atomic E-state index is 0.856. The zero-order chi connectivity index (χ0) is 8.93. The highest BCUT2D eigenvalue weighted by Crippen LogP contribution is 2.21. The first-order valence-corrected chi connectivity index (χ1v) is 4.46. The van der Waals surface area contributed by atoms with E-state index in [1.54, 1.807) is 12.5 Å². The van der Waals surface area contributed by atoms with Crippen LogP contribution in [0.5, 0.6) is 0 Å². The highest BCUT2D eigenvalue weighted by Gasteiger charge is 2.06. The summed E-state index contributed by atoms with van der Waals surface area (Å²) in [7, 11) is 0. The van der Waals surface area contributed by atoms with Crippen molar-refractivity contribution in [1.29, 1.82) is 0 Å². The van der Waals surface area contributed by atoms with Gasteiger partial charge in [-0.15, -0.1) is 0 Å². The van der Waals surface area contributed by atoms with Gasteiger partial charge in [0.25, 0.3) is 0 Å². The highest BCUT2D eigenvalue weighted by atomic mass is 16.5. The summed E-state index contributed by atoms with van der Waals surface area (Å²) in [5, 5.41) is 0. The van der Waals surface area contributed by atoms with Crippen molar-refractivity contribution in [2.75, 3.05) is 0 Å². The molecule has 0 spiro atoms. The molecule has 0 unspecified atom stereocenters. The van der Waals surface area contributed by atoms with Crippen LogP contribution in [-0.4, -0.2) is 0 Å². The Hall–Kier alpha value is -1.44. The SMILES string of the molecule is C1=CCCC(CC2=COC=CO2)=C1. The minimum absolute atomic E-state index is 0.856. The lowest BCUT2D eigenvalue weighted by Crippen LogP contribution is -1.96. The first kappa shape index (κ1) is 8.17. The van der Waals surface area contributed by atoms with E-state index in [-0.39, 0.29) is 0 Å². The van der Waals surface area contributed by atoms with E-state index in [0.717, 1.165) is 25.0 Å². The first-order chi connectivity index (χ1) is 6.45. The van der Waals surface area contributed by atoms with Gasteiger partial charge in [-0.1, -0.05) is 23.8 Å². The molecule has 0 aromatic rings. The normalized spacial score (nSPS) is 20.0. The van der Waals surface area contributed by atoms with Crippen LogP contribution in [0.25, 0.3) is 0 Å². The van der Waals surface area contributed by atoms with Gasteiger partial charge in [0.2, 0.25) is 0 Å². The molecule has 0 aromatic carbocycles. The number of allylic oxidation sites excluding steroid dienone is 4.